The Bertz CT molecular complexity index is 1150. The number of phenolic OH excluding ortho intramolecular Hbond substituents is 1. The number of nitrogens with two attached hydrogens (primary N) is 2. The number of methoxy groups -OCH3 is 1. The molecule has 0 saturated heterocycles. The number of nitrogen functional groups attached to an aromatic ring is 2. The Morgan fingerprint density at radius 1 is 0.867 bits per heavy atom. The summed E-state index contributed by atoms with van der Waals surface area (Å²) in [7, 11) is 1.42. The standard InChI is InChI=1S/C15H12FN3O3.C6H6FN/c1-21-14-5-9-11(6-12(14)20)18-7-19-15(9)22-13-3-2-8(17)4-10(13)16;7-5-1-3-6(8)4-2-5/h2-7,20H,17H2,1H3;1-4H,8H2. The molecule has 0 bridgehead atoms. The van der Waals surface area contributed by atoms with Crippen molar-refractivity contribution in [1.29, 1.82) is 0 Å². The molecule has 4 aromatic rings. The van der Waals surface area contributed by atoms with Crippen LogP contribution in [0.25, 0.3) is 10.9 Å². The summed E-state index contributed by atoms with van der Waals surface area (Å²) in [5, 5.41) is 10.2. The van der Waals surface area contributed by atoms with Crippen LogP contribution < -0.4 is 20.9 Å². The fourth-order valence-corrected chi connectivity index (χ4v) is 2.46. The van der Waals surface area contributed by atoms with Crippen molar-refractivity contribution in [3.63, 3.8) is 0 Å². The first-order valence-electron chi connectivity index (χ1n) is 8.63. The van der Waals surface area contributed by atoms with Crippen molar-refractivity contribution in [1.82, 2.24) is 9.97 Å². The van der Waals surface area contributed by atoms with Crippen LogP contribution in [0.4, 0.5) is 20.2 Å². The molecule has 0 fully saturated rings. The third kappa shape index (κ3) is 4.82. The number of phenols is 1. The molecule has 0 atom stereocenters. The topological polar surface area (TPSA) is 117 Å². The number of nitrogens with zero attached hydrogens (tertiary/aromatic N) is 2. The van der Waals surface area contributed by atoms with Crippen molar-refractivity contribution in [2.45, 2.75) is 0 Å². The minimum Gasteiger partial charge on any atom is -0.504 e. The molecule has 154 valence electrons. The van der Waals surface area contributed by atoms with Gasteiger partial charge in [0.1, 0.15) is 12.1 Å². The zero-order valence-electron chi connectivity index (χ0n) is 15.8. The first-order valence-corrected chi connectivity index (χ1v) is 8.63. The number of benzene rings is 3. The molecule has 0 amide bonds. The largest absolute Gasteiger partial charge is 0.504 e. The first-order chi connectivity index (χ1) is 14.4. The lowest BCUT2D eigenvalue weighted by molar-refractivity contribution is 0.374. The lowest BCUT2D eigenvalue weighted by atomic mass is 10.2. The molecule has 9 heteroatoms. The maximum Gasteiger partial charge on any atom is 0.230 e. The smallest absolute Gasteiger partial charge is 0.230 e. The van der Waals surface area contributed by atoms with Crippen molar-refractivity contribution in [3.8, 4) is 23.1 Å². The van der Waals surface area contributed by atoms with Gasteiger partial charge in [0.25, 0.3) is 0 Å². The molecular weight excluding hydrogens is 394 g/mol. The van der Waals surface area contributed by atoms with Crippen LogP contribution >= 0.6 is 0 Å². The molecular formula is C21H18F2N4O3. The lowest BCUT2D eigenvalue weighted by Crippen LogP contribution is -1.95. The number of hydrogen-bond acceptors (Lipinski definition) is 7. The summed E-state index contributed by atoms with van der Waals surface area (Å²) in [5.41, 5.74) is 12.1. The molecule has 30 heavy (non-hydrogen) atoms. The summed E-state index contributed by atoms with van der Waals surface area (Å²) >= 11 is 0. The average Bonchev–Trinajstić information content (AvgIpc) is 2.72. The Balaban J connectivity index is 0.000000269. The fourth-order valence-electron chi connectivity index (χ4n) is 2.46. The van der Waals surface area contributed by atoms with E-state index in [0.717, 1.165) is 6.07 Å². The van der Waals surface area contributed by atoms with Crippen LogP contribution in [0.15, 0.2) is 60.9 Å². The van der Waals surface area contributed by atoms with Gasteiger partial charge in [-0.1, -0.05) is 0 Å². The van der Waals surface area contributed by atoms with Crippen LogP contribution in [0.2, 0.25) is 0 Å². The molecule has 0 aliphatic carbocycles. The molecule has 0 saturated carbocycles. The second kappa shape index (κ2) is 8.91. The van der Waals surface area contributed by atoms with Crippen LogP contribution in [-0.4, -0.2) is 22.2 Å². The number of ether oxygens (including phenoxy) is 2. The van der Waals surface area contributed by atoms with Gasteiger partial charge in [0, 0.05) is 23.5 Å². The second-order valence-corrected chi connectivity index (χ2v) is 6.06. The monoisotopic (exact) mass is 412 g/mol. The van der Waals surface area contributed by atoms with E-state index in [1.54, 1.807) is 0 Å². The highest BCUT2D eigenvalue weighted by atomic mass is 19.1. The van der Waals surface area contributed by atoms with Crippen LogP contribution in [0, 0.1) is 11.6 Å². The molecule has 4 rings (SSSR count). The van der Waals surface area contributed by atoms with Gasteiger partial charge in [-0.2, -0.15) is 0 Å². The predicted molar refractivity (Wildman–Crippen MR) is 109 cm³/mol. The van der Waals surface area contributed by atoms with Gasteiger partial charge in [-0.05, 0) is 42.5 Å². The van der Waals surface area contributed by atoms with Crippen LogP contribution in [-0.2, 0) is 0 Å². The molecule has 0 spiro atoms. The van der Waals surface area contributed by atoms with Crippen molar-refractivity contribution in [3.05, 3.63) is 72.6 Å². The molecule has 3 aromatic carbocycles. The number of halogens is 2. The van der Waals surface area contributed by atoms with E-state index in [2.05, 4.69) is 9.97 Å². The van der Waals surface area contributed by atoms with Gasteiger partial charge in [-0.25, -0.2) is 18.7 Å². The second-order valence-electron chi connectivity index (χ2n) is 6.06. The number of aromatic nitrogens is 2. The normalized spacial score (nSPS) is 10.2. The van der Waals surface area contributed by atoms with Gasteiger partial charge in [0.15, 0.2) is 23.1 Å². The first kappa shape index (κ1) is 20.6. The molecule has 0 unspecified atom stereocenters. The van der Waals surface area contributed by atoms with Crippen molar-refractivity contribution in [2.24, 2.45) is 0 Å². The van der Waals surface area contributed by atoms with Gasteiger partial charge in [0.2, 0.25) is 5.88 Å². The number of hydrogen-bond donors (Lipinski definition) is 3. The number of anilines is 2. The minimum absolute atomic E-state index is 0.0127. The molecule has 1 heterocycles. The van der Waals surface area contributed by atoms with E-state index in [4.69, 9.17) is 20.9 Å². The van der Waals surface area contributed by atoms with E-state index >= 15 is 0 Å². The molecule has 7 nitrogen and oxygen atoms in total. The lowest BCUT2D eigenvalue weighted by Gasteiger charge is -2.10. The quantitative estimate of drug-likeness (QED) is 0.430. The molecule has 0 aliphatic heterocycles. The highest BCUT2D eigenvalue weighted by molar-refractivity contribution is 5.86. The van der Waals surface area contributed by atoms with Crippen molar-refractivity contribution >= 4 is 22.3 Å². The highest BCUT2D eigenvalue weighted by Crippen LogP contribution is 2.35. The summed E-state index contributed by atoms with van der Waals surface area (Å²) < 4.78 is 36.4. The summed E-state index contributed by atoms with van der Waals surface area (Å²) in [6.07, 6.45) is 1.26. The Hall–Kier alpha value is -4.14. The van der Waals surface area contributed by atoms with Gasteiger partial charge >= 0.3 is 0 Å². The maximum absolute atomic E-state index is 13.8. The highest BCUT2D eigenvalue weighted by Gasteiger charge is 2.13. The molecule has 5 N–H and O–H groups in total. The van der Waals surface area contributed by atoms with Gasteiger partial charge in [0.05, 0.1) is 18.0 Å². The van der Waals surface area contributed by atoms with Gasteiger partial charge in [-0.15, -0.1) is 0 Å². The Morgan fingerprint density at radius 3 is 2.20 bits per heavy atom. The SMILES string of the molecule is COc1cc2c(Oc3ccc(N)cc3F)ncnc2cc1O.Nc1ccc(F)cc1. The van der Waals surface area contributed by atoms with Crippen LogP contribution in [0.5, 0.6) is 23.1 Å². The van der Waals surface area contributed by atoms with Gasteiger partial charge in [-0.3, -0.25) is 0 Å². The summed E-state index contributed by atoms with van der Waals surface area (Å²) in [5.74, 6) is -0.534. The third-order valence-electron chi connectivity index (χ3n) is 3.93. The van der Waals surface area contributed by atoms with E-state index in [1.807, 2.05) is 0 Å². The Labute approximate surface area is 170 Å². The minimum atomic E-state index is -0.600. The summed E-state index contributed by atoms with van der Waals surface area (Å²) in [6, 6.07) is 12.7. The van der Waals surface area contributed by atoms with E-state index in [1.165, 1.54) is 62.0 Å². The zero-order chi connectivity index (χ0) is 21.7. The van der Waals surface area contributed by atoms with E-state index in [0.29, 0.717) is 22.3 Å². The summed E-state index contributed by atoms with van der Waals surface area (Å²) in [4.78, 5) is 8.04. The molecule has 0 radical (unpaired) electrons. The third-order valence-corrected chi connectivity index (χ3v) is 3.93. The number of rotatable bonds is 3. The van der Waals surface area contributed by atoms with E-state index < -0.39 is 5.82 Å². The Morgan fingerprint density at radius 2 is 1.57 bits per heavy atom. The average molecular weight is 412 g/mol. The zero-order valence-corrected chi connectivity index (χ0v) is 15.8. The van der Waals surface area contributed by atoms with Gasteiger partial charge < -0.3 is 26.0 Å². The van der Waals surface area contributed by atoms with Crippen molar-refractivity contribution < 1.29 is 23.4 Å². The van der Waals surface area contributed by atoms with Crippen LogP contribution in [0.1, 0.15) is 0 Å². The fraction of sp³-hybridized carbons (Fsp3) is 0.0476. The van der Waals surface area contributed by atoms with E-state index in [9.17, 15) is 13.9 Å². The predicted octanol–water partition coefficient (Wildman–Crippen LogP) is 4.27. The molecule has 0 aliphatic rings. The molecule has 1 aromatic heterocycles. The summed E-state index contributed by atoms with van der Waals surface area (Å²) in [6.45, 7) is 0. The van der Waals surface area contributed by atoms with Crippen molar-refractivity contribution in [2.75, 3.05) is 18.6 Å². The number of aromatic hydroxyl groups is 1. The van der Waals surface area contributed by atoms with Crippen LogP contribution in [0.3, 0.4) is 0 Å². The Kier molecular flexibility index (Phi) is 6.11. The number of fused-ring (bicyclic) bond motifs is 1. The maximum atomic E-state index is 13.8. The van der Waals surface area contributed by atoms with E-state index in [-0.39, 0.29) is 28.9 Å².